The minimum Gasteiger partial charge on any atom is -0.504 e. The molecule has 1 aromatic carbocycles. The number of carbonyl (C=O) groups excluding carboxylic acids is 1. The van der Waals surface area contributed by atoms with E-state index in [1.54, 1.807) is 14.0 Å². The van der Waals surface area contributed by atoms with Crippen LogP contribution in [0.3, 0.4) is 0 Å². The molecule has 30 heavy (non-hydrogen) atoms. The van der Waals surface area contributed by atoms with Gasteiger partial charge in [0.05, 0.1) is 5.92 Å². The number of likely N-dealkylation sites (tertiary alicyclic amines) is 1. The number of methoxy groups -OCH3 is 1. The molecule has 5 heteroatoms. The van der Waals surface area contributed by atoms with Gasteiger partial charge in [-0.3, -0.25) is 9.69 Å². The summed E-state index contributed by atoms with van der Waals surface area (Å²) < 4.78 is 13.0. The maximum Gasteiger partial charge on any atom is 0.165 e. The van der Waals surface area contributed by atoms with Crippen LogP contribution in [-0.4, -0.2) is 53.7 Å². The van der Waals surface area contributed by atoms with Crippen LogP contribution < -0.4 is 4.74 Å². The summed E-state index contributed by atoms with van der Waals surface area (Å²) in [6.07, 6.45) is 7.46. The van der Waals surface area contributed by atoms with Gasteiger partial charge in [-0.05, 0) is 76.0 Å². The average Bonchev–Trinajstić information content (AvgIpc) is 3.48. The van der Waals surface area contributed by atoms with Gasteiger partial charge in [-0.1, -0.05) is 6.07 Å². The fraction of sp³-hybridized carbons (Fsp3) is 0.720. The molecule has 1 saturated heterocycles. The van der Waals surface area contributed by atoms with Crippen LogP contribution in [0.15, 0.2) is 12.1 Å². The van der Waals surface area contributed by atoms with Crippen molar-refractivity contribution in [1.82, 2.24) is 4.90 Å². The number of benzene rings is 1. The lowest BCUT2D eigenvalue weighted by atomic mass is 9.34. The highest BCUT2D eigenvalue weighted by Gasteiger charge is 2.81. The molecular formula is C25H31NO4. The molecule has 4 saturated carbocycles. The Labute approximate surface area is 177 Å². The Kier molecular flexibility index (Phi) is 3.25. The second-order valence-corrected chi connectivity index (χ2v) is 11.0. The molecular weight excluding hydrogens is 378 g/mol. The molecule has 2 heterocycles. The predicted octanol–water partition coefficient (Wildman–Crippen LogP) is 3.21. The van der Waals surface area contributed by atoms with Gasteiger partial charge < -0.3 is 14.6 Å². The van der Waals surface area contributed by atoms with Crippen LogP contribution in [-0.2, 0) is 21.4 Å². The highest BCUT2D eigenvalue weighted by Crippen LogP contribution is 2.76. The first-order valence-corrected chi connectivity index (χ1v) is 11.8. The molecule has 2 spiro atoms. The monoisotopic (exact) mass is 409 g/mol. The number of hydrogen-bond acceptors (Lipinski definition) is 5. The zero-order valence-electron chi connectivity index (χ0n) is 17.9. The maximum absolute atomic E-state index is 12.9. The largest absolute Gasteiger partial charge is 0.504 e. The normalized spacial score (nSPS) is 45.2. The van der Waals surface area contributed by atoms with Crippen molar-refractivity contribution in [1.29, 1.82) is 0 Å². The van der Waals surface area contributed by atoms with Gasteiger partial charge in [-0.2, -0.15) is 0 Å². The van der Waals surface area contributed by atoms with Gasteiger partial charge in [-0.25, -0.2) is 0 Å². The number of carbonyl (C=O) groups is 1. The summed E-state index contributed by atoms with van der Waals surface area (Å²) >= 11 is 0. The Bertz CT molecular complexity index is 972. The first-order valence-electron chi connectivity index (χ1n) is 11.8. The van der Waals surface area contributed by atoms with Crippen molar-refractivity contribution in [2.75, 3.05) is 20.2 Å². The predicted molar refractivity (Wildman–Crippen MR) is 111 cm³/mol. The van der Waals surface area contributed by atoms with Crippen LogP contribution >= 0.6 is 0 Å². The molecule has 1 N–H and O–H groups in total. The van der Waals surface area contributed by atoms with Gasteiger partial charge in [0.15, 0.2) is 11.5 Å². The van der Waals surface area contributed by atoms with Crippen molar-refractivity contribution < 1.29 is 19.4 Å². The molecule has 1 unspecified atom stereocenters. The standard InChI is InChI=1S/C25H31NO4/c1-14(27)17-12-23-7-8-25(17,29-2)22-24(23)9-10-26(13-15-3-4-15)19(23)11-16-5-6-18(28)21(30-22)20(16)24/h5-6,15,17,19,22,28H,3-4,7-13H2,1-2H3/t17-,19?,22-,23-,24+,25-/m0/s1. The van der Waals surface area contributed by atoms with Crippen molar-refractivity contribution >= 4 is 5.78 Å². The molecule has 4 bridgehead atoms. The summed E-state index contributed by atoms with van der Waals surface area (Å²) in [7, 11) is 1.76. The minimum atomic E-state index is -0.586. The Morgan fingerprint density at radius 3 is 2.87 bits per heavy atom. The lowest BCUT2D eigenvalue weighted by molar-refractivity contribution is -0.271. The van der Waals surface area contributed by atoms with Crippen molar-refractivity contribution in [2.45, 2.75) is 75.0 Å². The summed E-state index contributed by atoms with van der Waals surface area (Å²) in [5.41, 5.74) is 1.92. The third-order valence-corrected chi connectivity index (χ3v) is 10.2. The molecule has 5 fully saturated rings. The number of aromatic hydroxyl groups is 1. The van der Waals surface area contributed by atoms with Gasteiger partial charge in [0, 0.05) is 36.1 Å². The van der Waals surface area contributed by atoms with E-state index in [2.05, 4.69) is 11.0 Å². The summed E-state index contributed by atoms with van der Waals surface area (Å²) in [6, 6.07) is 4.40. The van der Waals surface area contributed by atoms with E-state index in [9.17, 15) is 9.90 Å². The second kappa shape index (κ2) is 5.42. The molecule has 0 amide bonds. The number of nitrogens with zero attached hydrogens (tertiary/aromatic N) is 1. The number of phenolic OH excluding ortho intramolecular Hbond substituents is 1. The summed E-state index contributed by atoms with van der Waals surface area (Å²) in [6.45, 7) is 4.03. The fourth-order valence-electron chi connectivity index (χ4n) is 8.87. The van der Waals surface area contributed by atoms with Gasteiger partial charge >= 0.3 is 0 Å². The number of ketones is 1. The van der Waals surface area contributed by atoms with Crippen LogP contribution in [0.1, 0.15) is 56.6 Å². The van der Waals surface area contributed by atoms with Gasteiger partial charge in [0.25, 0.3) is 0 Å². The summed E-state index contributed by atoms with van der Waals surface area (Å²) in [5, 5.41) is 10.8. The van der Waals surface area contributed by atoms with E-state index < -0.39 is 5.60 Å². The zero-order valence-corrected chi connectivity index (χ0v) is 17.9. The first kappa shape index (κ1) is 18.0. The molecule has 2 aliphatic heterocycles. The van der Waals surface area contributed by atoms with Crippen LogP contribution in [0.4, 0.5) is 0 Å². The molecule has 160 valence electrons. The molecule has 0 radical (unpaired) electrons. The summed E-state index contributed by atoms with van der Waals surface area (Å²) in [4.78, 5) is 15.7. The highest BCUT2D eigenvalue weighted by molar-refractivity contribution is 5.81. The molecule has 0 aromatic heterocycles. The highest BCUT2D eigenvalue weighted by atomic mass is 16.6. The average molecular weight is 410 g/mol. The van der Waals surface area contributed by atoms with E-state index in [0.717, 1.165) is 44.6 Å². The van der Waals surface area contributed by atoms with Crippen molar-refractivity contribution in [3.05, 3.63) is 23.3 Å². The lowest BCUT2D eigenvalue weighted by Crippen LogP contribution is -2.81. The number of fused-ring (bicyclic) bond motifs is 2. The number of piperidine rings is 1. The number of hydrogen-bond donors (Lipinski definition) is 1. The number of rotatable bonds is 4. The third kappa shape index (κ3) is 1.76. The zero-order chi connectivity index (χ0) is 20.5. The molecule has 5 nitrogen and oxygen atoms in total. The second-order valence-electron chi connectivity index (χ2n) is 11.0. The number of phenols is 1. The van der Waals surface area contributed by atoms with E-state index in [1.807, 2.05) is 6.07 Å². The summed E-state index contributed by atoms with van der Waals surface area (Å²) in [5.74, 6) is 1.89. The Morgan fingerprint density at radius 2 is 2.13 bits per heavy atom. The molecule has 8 rings (SSSR count). The van der Waals surface area contributed by atoms with Crippen LogP contribution in [0.2, 0.25) is 0 Å². The van der Waals surface area contributed by atoms with Gasteiger partial charge in [-0.15, -0.1) is 0 Å². The van der Waals surface area contributed by atoms with E-state index >= 15 is 0 Å². The first-order chi connectivity index (χ1) is 14.5. The van der Waals surface area contributed by atoms with E-state index in [1.165, 1.54) is 30.5 Å². The minimum absolute atomic E-state index is 0.0352. The number of Topliss-reactive ketones (excluding diaryl/α,β-unsaturated/α-hetero) is 1. The molecule has 6 atom stereocenters. The van der Waals surface area contributed by atoms with E-state index in [0.29, 0.717) is 11.8 Å². The SMILES string of the molecule is CO[C@@]12CC[C@]3(C[C@H]1C(C)=O)C1Cc4ccc(O)c5c4[C@]3(CCN1CC1CC1)[C@@H]2O5. The van der Waals surface area contributed by atoms with Crippen LogP contribution in [0.25, 0.3) is 0 Å². The van der Waals surface area contributed by atoms with Crippen molar-refractivity contribution in [3.8, 4) is 11.5 Å². The third-order valence-electron chi connectivity index (χ3n) is 10.2. The molecule has 5 aliphatic carbocycles. The fourth-order valence-corrected chi connectivity index (χ4v) is 8.87. The van der Waals surface area contributed by atoms with Crippen molar-refractivity contribution in [2.24, 2.45) is 17.3 Å². The smallest absolute Gasteiger partial charge is 0.165 e. The van der Waals surface area contributed by atoms with Gasteiger partial charge in [0.2, 0.25) is 0 Å². The Hall–Kier alpha value is -1.59. The van der Waals surface area contributed by atoms with E-state index in [4.69, 9.17) is 9.47 Å². The van der Waals surface area contributed by atoms with Crippen LogP contribution in [0.5, 0.6) is 11.5 Å². The van der Waals surface area contributed by atoms with E-state index in [-0.39, 0.29) is 34.4 Å². The molecule has 7 aliphatic rings. The Balaban J connectivity index is 1.49. The maximum atomic E-state index is 12.9. The lowest BCUT2D eigenvalue weighted by Gasteiger charge is -2.73. The quantitative estimate of drug-likeness (QED) is 0.828. The van der Waals surface area contributed by atoms with Crippen molar-refractivity contribution in [3.63, 3.8) is 0 Å². The Morgan fingerprint density at radius 1 is 1.30 bits per heavy atom. The van der Waals surface area contributed by atoms with Crippen LogP contribution in [0, 0.1) is 17.3 Å². The van der Waals surface area contributed by atoms with Gasteiger partial charge in [0.1, 0.15) is 17.5 Å². The topological polar surface area (TPSA) is 59.0 Å². The molecule has 1 aromatic rings. The number of ether oxygens (including phenoxy) is 2.